The van der Waals surface area contributed by atoms with Gasteiger partial charge < -0.3 is 24.3 Å². The highest BCUT2D eigenvalue weighted by atomic mass is 35.5. The Morgan fingerprint density at radius 1 is 0.970 bits per heavy atom. The maximum atomic E-state index is 9.97. The molecule has 0 spiro atoms. The third kappa shape index (κ3) is 3.60. The summed E-state index contributed by atoms with van der Waals surface area (Å²) in [6.45, 7) is 2.61. The van der Waals surface area contributed by atoms with Gasteiger partial charge >= 0.3 is 0 Å². The lowest BCUT2D eigenvalue weighted by molar-refractivity contribution is 0.00782. The summed E-state index contributed by atoms with van der Waals surface area (Å²) in [7, 11) is 0. The quantitative estimate of drug-likeness (QED) is 0.457. The van der Waals surface area contributed by atoms with E-state index in [2.05, 4.69) is 29.2 Å². The zero-order valence-corrected chi connectivity index (χ0v) is 18.8. The van der Waals surface area contributed by atoms with Gasteiger partial charge in [0.15, 0.2) is 12.0 Å². The first-order chi connectivity index (χ1) is 16.1. The zero-order valence-electron chi connectivity index (χ0n) is 18.0. The number of halogens is 1. The van der Waals surface area contributed by atoms with E-state index in [1.54, 1.807) is 0 Å². The molecule has 6 rings (SSSR count). The van der Waals surface area contributed by atoms with E-state index < -0.39 is 6.10 Å². The zero-order chi connectivity index (χ0) is 22.5. The minimum atomic E-state index is -0.608. The number of aryl methyl sites for hydroxylation is 1. The number of H-pyrrole nitrogens is 1. The number of hydrogen-bond acceptors (Lipinski definition) is 5. The normalized spacial score (nSPS) is 24.3. The average molecular weight is 463 g/mol. The summed E-state index contributed by atoms with van der Waals surface area (Å²) in [5.74, 6) is 0.615. The first-order valence-electron chi connectivity index (χ1n) is 11.0. The summed E-state index contributed by atoms with van der Waals surface area (Å²) < 4.78 is 17.6. The third-order valence-electron chi connectivity index (χ3n) is 6.44. The topological polar surface area (TPSA) is 76.6 Å². The van der Waals surface area contributed by atoms with Crippen LogP contribution < -0.4 is 4.74 Å². The van der Waals surface area contributed by atoms with Gasteiger partial charge in [0.25, 0.3) is 0 Å². The lowest BCUT2D eigenvalue weighted by Gasteiger charge is -2.17. The maximum Gasteiger partial charge on any atom is 0.196 e. The second-order valence-corrected chi connectivity index (χ2v) is 8.96. The molecule has 2 N–H and O–H groups in total. The molecular weight excluding hydrogens is 440 g/mol. The molecule has 7 heteroatoms. The second-order valence-electron chi connectivity index (χ2n) is 8.56. The highest BCUT2D eigenvalue weighted by molar-refractivity contribution is 6.33. The van der Waals surface area contributed by atoms with Crippen LogP contribution in [0.15, 0.2) is 60.7 Å². The molecule has 2 saturated heterocycles. The summed E-state index contributed by atoms with van der Waals surface area (Å²) in [5.41, 5.74) is 6.49. The number of hydrogen-bond donors (Lipinski definition) is 2. The summed E-state index contributed by atoms with van der Waals surface area (Å²) in [6, 6.07) is 20.4. The van der Waals surface area contributed by atoms with Crippen LogP contribution in [0, 0.1) is 6.92 Å². The van der Waals surface area contributed by atoms with Crippen molar-refractivity contribution in [2.24, 2.45) is 0 Å². The summed E-state index contributed by atoms with van der Waals surface area (Å²) in [4.78, 5) is 8.16. The fourth-order valence-corrected chi connectivity index (χ4v) is 4.92. The van der Waals surface area contributed by atoms with Crippen molar-refractivity contribution in [2.45, 2.75) is 31.3 Å². The molecule has 4 heterocycles. The Morgan fingerprint density at radius 3 is 2.45 bits per heavy atom. The highest BCUT2D eigenvalue weighted by Gasteiger charge is 2.48. The molecule has 168 valence electrons. The van der Waals surface area contributed by atoms with Crippen LogP contribution in [-0.4, -0.2) is 52.7 Å². The van der Waals surface area contributed by atoms with E-state index in [4.69, 9.17) is 30.8 Å². The van der Waals surface area contributed by atoms with Crippen molar-refractivity contribution in [3.8, 4) is 28.3 Å². The Bertz CT molecular complexity index is 1310. The highest BCUT2D eigenvalue weighted by Crippen LogP contribution is 2.36. The van der Waals surface area contributed by atoms with Crippen molar-refractivity contribution < 1.29 is 19.3 Å². The first-order valence-corrected chi connectivity index (χ1v) is 11.4. The largest absolute Gasteiger partial charge is 0.470 e. The molecule has 4 atom stereocenters. The number of nitrogens with one attached hydrogen (secondary N) is 1. The number of nitrogens with zero attached hydrogens (tertiary/aromatic N) is 1. The molecule has 2 unspecified atom stereocenters. The number of benzene rings is 2. The van der Waals surface area contributed by atoms with E-state index >= 15 is 0 Å². The van der Waals surface area contributed by atoms with Gasteiger partial charge in [0.05, 0.1) is 35.0 Å². The summed E-state index contributed by atoms with van der Waals surface area (Å²) in [6.07, 6.45) is -1.51. The molecule has 2 aromatic heterocycles. The van der Waals surface area contributed by atoms with Gasteiger partial charge in [-0.1, -0.05) is 66.2 Å². The van der Waals surface area contributed by atoms with Gasteiger partial charge in [-0.25, -0.2) is 4.98 Å². The molecule has 33 heavy (non-hydrogen) atoms. The van der Waals surface area contributed by atoms with Crippen molar-refractivity contribution in [2.75, 3.05) is 13.2 Å². The van der Waals surface area contributed by atoms with Crippen LogP contribution in [0.3, 0.4) is 0 Å². The van der Waals surface area contributed by atoms with Crippen molar-refractivity contribution in [3.05, 3.63) is 71.2 Å². The molecule has 2 aliphatic rings. The number of aromatic nitrogens is 2. The number of pyridine rings is 1. The van der Waals surface area contributed by atoms with E-state index in [0.29, 0.717) is 17.5 Å². The fourth-order valence-electron chi connectivity index (χ4n) is 4.66. The van der Waals surface area contributed by atoms with E-state index in [1.807, 2.05) is 43.3 Å². The van der Waals surface area contributed by atoms with Crippen molar-refractivity contribution >= 4 is 22.6 Å². The Balaban J connectivity index is 1.30. The van der Waals surface area contributed by atoms with Gasteiger partial charge in [0.1, 0.15) is 18.3 Å². The van der Waals surface area contributed by atoms with Gasteiger partial charge in [-0.15, -0.1) is 0 Å². The number of fused-ring (bicyclic) bond motifs is 2. The lowest BCUT2D eigenvalue weighted by Crippen LogP contribution is -2.34. The number of aliphatic hydroxyl groups excluding tert-OH is 1. The molecule has 2 fully saturated rings. The maximum absolute atomic E-state index is 9.97. The number of aliphatic hydroxyl groups is 1. The molecule has 0 saturated carbocycles. The van der Waals surface area contributed by atoms with Gasteiger partial charge in [0, 0.05) is 11.1 Å². The molecule has 2 aromatic carbocycles. The molecule has 0 radical (unpaired) electrons. The number of aromatic amines is 1. The SMILES string of the molecule is Cc1c(OC2CO[C@@H]3C(O)CO[C@H]23)[nH]c2cc(Cl)c(-c3ccc(-c4ccccc4)cc3)nc12. The van der Waals surface area contributed by atoms with Crippen LogP contribution in [0.1, 0.15) is 5.56 Å². The van der Waals surface area contributed by atoms with Gasteiger partial charge in [-0.2, -0.15) is 0 Å². The second kappa shape index (κ2) is 8.15. The van der Waals surface area contributed by atoms with Crippen molar-refractivity contribution in [1.29, 1.82) is 0 Å². The Hall–Kier alpha value is -2.90. The Morgan fingerprint density at radius 2 is 1.67 bits per heavy atom. The van der Waals surface area contributed by atoms with Gasteiger partial charge in [-0.05, 0) is 24.1 Å². The van der Waals surface area contributed by atoms with Crippen LogP contribution in [0.4, 0.5) is 0 Å². The van der Waals surface area contributed by atoms with Crippen LogP contribution in [0.25, 0.3) is 33.4 Å². The fraction of sp³-hybridized carbons (Fsp3) is 0.269. The molecule has 0 bridgehead atoms. The Kier molecular flexibility index (Phi) is 5.11. The van der Waals surface area contributed by atoms with Crippen molar-refractivity contribution in [3.63, 3.8) is 0 Å². The van der Waals surface area contributed by atoms with E-state index in [1.165, 1.54) is 5.56 Å². The molecule has 0 aliphatic carbocycles. The monoisotopic (exact) mass is 462 g/mol. The number of rotatable bonds is 4. The molecule has 6 nitrogen and oxygen atoms in total. The standard InChI is InChI=1S/C26H23ClN2O4/c1-14-22-19(28-26(14)33-21-13-32-24-20(30)12-31-25(21)24)11-18(27)23(29-22)17-9-7-16(8-10-17)15-5-3-2-4-6-15/h2-11,20-21,24-25,28,30H,12-13H2,1H3/t20?,21?,24-,25-/m1/s1. The van der Waals surface area contributed by atoms with Gasteiger partial charge in [-0.3, -0.25) is 0 Å². The summed E-state index contributed by atoms with van der Waals surface area (Å²) >= 11 is 6.62. The lowest BCUT2D eigenvalue weighted by atomic mass is 10.0. The molecule has 4 aromatic rings. The minimum absolute atomic E-state index is 0.268. The van der Waals surface area contributed by atoms with Crippen LogP contribution in [0.5, 0.6) is 5.88 Å². The smallest absolute Gasteiger partial charge is 0.196 e. The van der Waals surface area contributed by atoms with Gasteiger partial charge in [0.2, 0.25) is 0 Å². The third-order valence-corrected chi connectivity index (χ3v) is 6.72. The predicted octanol–water partition coefficient (Wildman–Crippen LogP) is 4.76. The van der Waals surface area contributed by atoms with Crippen LogP contribution >= 0.6 is 11.6 Å². The van der Waals surface area contributed by atoms with E-state index in [9.17, 15) is 5.11 Å². The van der Waals surface area contributed by atoms with Crippen LogP contribution in [0.2, 0.25) is 5.02 Å². The Labute approximate surface area is 196 Å². The average Bonchev–Trinajstić information content (AvgIpc) is 3.50. The predicted molar refractivity (Wildman–Crippen MR) is 127 cm³/mol. The van der Waals surface area contributed by atoms with Crippen molar-refractivity contribution in [1.82, 2.24) is 9.97 Å². The summed E-state index contributed by atoms with van der Waals surface area (Å²) in [5, 5.41) is 10.5. The van der Waals surface area contributed by atoms with Crippen LogP contribution in [-0.2, 0) is 9.47 Å². The minimum Gasteiger partial charge on any atom is -0.470 e. The number of ether oxygens (including phenoxy) is 3. The first kappa shape index (κ1) is 20.7. The molecule has 0 amide bonds. The van der Waals surface area contributed by atoms with E-state index in [-0.39, 0.29) is 24.9 Å². The molecule has 2 aliphatic heterocycles. The van der Waals surface area contributed by atoms with E-state index in [0.717, 1.165) is 33.4 Å². The molecular formula is C26H23ClN2O4.